The molecule has 4 heteroatoms. The summed E-state index contributed by atoms with van der Waals surface area (Å²) in [7, 11) is 0. The molecule has 302 valence electrons. The Balaban J connectivity index is 0.993. The van der Waals surface area contributed by atoms with E-state index in [4.69, 9.17) is 15.0 Å². The summed E-state index contributed by atoms with van der Waals surface area (Å²) in [4.78, 5) is 15.7. The first-order chi connectivity index (χ1) is 32.2. The molecule has 0 N–H and O–H groups in total. The van der Waals surface area contributed by atoms with Crippen molar-refractivity contribution in [2.24, 2.45) is 0 Å². The summed E-state index contributed by atoms with van der Waals surface area (Å²) in [5.41, 5.74) is 10.2. The van der Waals surface area contributed by atoms with Crippen LogP contribution in [-0.2, 0) is 0 Å². The third kappa shape index (κ3) is 6.22. The van der Waals surface area contributed by atoms with Crippen molar-refractivity contribution >= 4 is 74.6 Å². The van der Waals surface area contributed by atoms with Crippen LogP contribution in [0.3, 0.4) is 0 Å². The summed E-state index contributed by atoms with van der Waals surface area (Å²) in [6.45, 7) is 0. The smallest absolute Gasteiger partial charge is 0.165 e. The van der Waals surface area contributed by atoms with E-state index < -0.39 is 0 Å². The monoisotopic (exact) mass is 843 g/mol. The van der Waals surface area contributed by atoms with Crippen molar-refractivity contribution < 1.29 is 0 Å². The average Bonchev–Trinajstić information content (AvgIpc) is 3.77. The van der Waals surface area contributed by atoms with Crippen LogP contribution in [0, 0.1) is 0 Å². The van der Waals surface area contributed by atoms with Crippen molar-refractivity contribution in [2.75, 3.05) is 0 Å². The third-order valence-corrected chi connectivity index (χ3v) is 14.2. The zero-order chi connectivity index (χ0) is 42.8. The number of nitrogens with zero attached hydrogens (tertiary/aromatic N) is 3. The van der Waals surface area contributed by atoms with Crippen LogP contribution in [0.4, 0.5) is 0 Å². The van der Waals surface area contributed by atoms with Crippen molar-refractivity contribution in [1.82, 2.24) is 15.0 Å². The van der Waals surface area contributed by atoms with Crippen LogP contribution < -0.4 is 0 Å². The summed E-state index contributed by atoms with van der Waals surface area (Å²) in [5, 5.41) is 12.0. The maximum absolute atomic E-state index is 5.33. The van der Waals surface area contributed by atoms with Crippen molar-refractivity contribution in [3.63, 3.8) is 0 Å². The van der Waals surface area contributed by atoms with E-state index in [0.717, 1.165) is 27.5 Å². The maximum Gasteiger partial charge on any atom is 0.165 e. The fourth-order valence-corrected chi connectivity index (χ4v) is 11.1. The van der Waals surface area contributed by atoms with Gasteiger partial charge in [0.15, 0.2) is 17.5 Å². The molecule has 0 unspecified atom stereocenters. The summed E-state index contributed by atoms with van der Waals surface area (Å²) < 4.78 is 2.42. The molecule has 65 heavy (non-hydrogen) atoms. The largest absolute Gasteiger partial charge is 0.208 e. The zero-order valence-corrected chi connectivity index (χ0v) is 35.9. The molecular weight excluding hydrogens is 807 g/mol. The minimum atomic E-state index is 0.647. The van der Waals surface area contributed by atoms with Crippen LogP contribution in [-0.4, -0.2) is 15.0 Å². The molecule has 0 saturated carbocycles. The summed E-state index contributed by atoms with van der Waals surface area (Å²) >= 11 is 1.79. The predicted octanol–water partition coefficient (Wildman–Crippen LogP) is 16.9. The molecule has 13 rings (SSSR count). The van der Waals surface area contributed by atoms with Gasteiger partial charge in [-0.3, -0.25) is 0 Å². The molecule has 0 aliphatic rings. The predicted molar refractivity (Wildman–Crippen MR) is 275 cm³/mol. The van der Waals surface area contributed by atoms with Gasteiger partial charge in [0.05, 0.1) is 0 Å². The van der Waals surface area contributed by atoms with Gasteiger partial charge in [-0.1, -0.05) is 194 Å². The molecule has 0 saturated heterocycles. The van der Waals surface area contributed by atoms with E-state index in [1.54, 1.807) is 11.3 Å². The molecule has 2 aromatic heterocycles. The standard InChI is InChI=1S/C61H37N3S/c1-3-16-38(17-4-1)44-33-32-39-18-7-8-21-43(39)57(44)42-31-30-41-36-55(48-25-12-11-24-47(48)54(41)37-42)49-34-35-52(46-23-10-9-22-45(46)49)60-62-59(40-19-5-2-6-20-40)63-61(64-60)53-28-15-27-51-50-26-13-14-29-56(50)65-58(51)53/h1-37H. The Labute approximate surface area is 379 Å². The molecule has 13 aromatic rings. The van der Waals surface area contributed by atoms with E-state index in [9.17, 15) is 0 Å². The Kier molecular flexibility index (Phi) is 8.71. The van der Waals surface area contributed by atoms with E-state index in [1.165, 1.54) is 85.9 Å². The van der Waals surface area contributed by atoms with Crippen LogP contribution in [0.2, 0.25) is 0 Å². The van der Waals surface area contributed by atoms with Crippen LogP contribution >= 0.6 is 11.3 Å². The lowest BCUT2D eigenvalue weighted by atomic mass is 9.86. The zero-order valence-electron chi connectivity index (χ0n) is 35.1. The molecule has 3 nitrogen and oxygen atoms in total. The Morgan fingerprint density at radius 2 is 0.815 bits per heavy atom. The molecule has 0 amide bonds. The normalized spacial score (nSPS) is 11.7. The van der Waals surface area contributed by atoms with Crippen LogP contribution in [0.5, 0.6) is 0 Å². The highest BCUT2D eigenvalue weighted by atomic mass is 32.1. The van der Waals surface area contributed by atoms with Crippen LogP contribution in [0.15, 0.2) is 224 Å². The number of thiophene rings is 1. The van der Waals surface area contributed by atoms with Crippen molar-refractivity contribution in [1.29, 1.82) is 0 Å². The first-order valence-electron chi connectivity index (χ1n) is 22.0. The molecule has 0 spiro atoms. The Morgan fingerprint density at radius 3 is 1.60 bits per heavy atom. The van der Waals surface area contributed by atoms with E-state index in [2.05, 4.69) is 206 Å². The quantitative estimate of drug-likeness (QED) is 0.157. The fourth-order valence-electron chi connectivity index (χ4n) is 9.91. The Morgan fingerprint density at radius 1 is 0.262 bits per heavy atom. The molecule has 0 radical (unpaired) electrons. The maximum atomic E-state index is 5.33. The number of benzene rings is 11. The highest BCUT2D eigenvalue weighted by molar-refractivity contribution is 7.26. The molecular formula is C61H37N3S. The van der Waals surface area contributed by atoms with Gasteiger partial charge in [-0.15, -0.1) is 11.3 Å². The second-order valence-electron chi connectivity index (χ2n) is 16.6. The molecule has 11 aromatic carbocycles. The van der Waals surface area contributed by atoms with Gasteiger partial charge in [-0.05, 0) is 107 Å². The van der Waals surface area contributed by atoms with Gasteiger partial charge in [0.1, 0.15) is 0 Å². The van der Waals surface area contributed by atoms with Gasteiger partial charge in [0.25, 0.3) is 0 Å². The second kappa shape index (κ2) is 15.2. The minimum absolute atomic E-state index is 0.647. The lowest BCUT2D eigenvalue weighted by Gasteiger charge is -2.17. The summed E-state index contributed by atoms with van der Waals surface area (Å²) in [5.74, 6) is 1.96. The van der Waals surface area contributed by atoms with E-state index in [1.807, 2.05) is 18.2 Å². The molecule has 0 aliphatic heterocycles. The van der Waals surface area contributed by atoms with Crippen LogP contribution in [0.25, 0.3) is 131 Å². The van der Waals surface area contributed by atoms with Crippen molar-refractivity contribution in [3.05, 3.63) is 224 Å². The minimum Gasteiger partial charge on any atom is -0.208 e. The third-order valence-electron chi connectivity index (χ3n) is 12.9. The summed E-state index contributed by atoms with van der Waals surface area (Å²) in [6.07, 6.45) is 0. The summed E-state index contributed by atoms with van der Waals surface area (Å²) in [6, 6.07) is 80.7. The first-order valence-corrected chi connectivity index (χ1v) is 22.8. The highest BCUT2D eigenvalue weighted by Crippen LogP contribution is 2.45. The van der Waals surface area contributed by atoms with E-state index in [-0.39, 0.29) is 0 Å². The Hall–Kier alpha value is -8.31. The second-order valence-corrected chi connectivity index (χ2v) is 17.7. The Bertz CT molecular complexity index is 4000. The van der Waals surface area contributed by atoms with Crippen molar-refractivity contribution in [2.45, 2.75) is 0 Å². The lowest BCUT2D eigenvalue weighted by molar-refractivity contribution is 1.08. The number of hydrogen-bond donors (Lipinski definition) is 0. The SMILES string of the molecule is c1ccc(-c2nc(-c3ccc(-c4cc5ccc(-c6c(-c7ccccc7)ccc7ccccc67)cc5c5ccccc45)c4ccccc34)nc(-c3cccc4c3sc3ccccc34)n2)cc1. The van der Waals surface area contributed by atoms with Crippen molar-refractivity contribution in [3.8, 4) is 67.5 Å². The van der Waals surface area contributed by atoms with E-state index in [0.29, 0.717) is 17.5 Å². The molecule has 0 fully saturated rings. The molecule has 2 heterocycles. The number of rotatable bonds is 6. The molecule has 0 atom stereocenters. The first kappa shape index (κ1) is 37.3. The van der Waals surface area contributed by atoms with Crippen LogP contribution in [0.1, 0.15) is 0 Å². The van der Waals surface area contributed by atoms with Gasteiger partial charge >= 0.3 is 0 Å². The lowest BCUT2D eigenvalue weighted by Crippen LogP contribution is -2.01. The average molecular weight is 844 g/mol. The van der Waals surface area contributed by atoms with Gasteiger partial charge in [-0.25, -0.2) is 15.0 Å². The van der Waals surface area contributed by atoms with E-state index >= 15 is 0 Å². The number of hydrogen-bond acceptors (Lipinski definition) is 4. The fraction of sp³-hybridized carbons (Fsp3) is 0. The van der Waals surface area contributed by atoms with Gasteiger partial charge in [0.2, 0.25) is 0 Å². The van der Waals surface area contributed by atoms with Gasteiger partial charge in [0, 0.05) is 36.9 Å². The molecule has 0 aliphatic carbocycles. The number of aromatic nitrogens is 3. The molecule has 0 bridgehead atoms. The van der Waals surface area contributed by atoms with Gasteiger partial charge < -0.3 is 0 Å². The van der Waals surface area contributed by atoms with Gasteiger partial charge in [-0.2, -0.15) is 0 Å². The highest BCUT2D eigenvalue weighted by Gasteiger charge is 2.20. The topological polar surface area (TPSA) is 38.7 Å². The number of fused-ring (bicyclic) bond motifs is 8.